The molecule has 2 aromatic carbocycles. The van der Waals surface area contributed by atoms with E-state index in [4.69, 9.17) is 36.0 Å². The van der Waals surface area contributed by atoms with Crippen LogP contribution in [0.2, 0.25) is 5.15 Å². The van der Waals surface area contributed by atoms with Gasteiger partial charge >= 0.3 is 0 Å². The van der Waals surface area contributed by atoms with Crippen LogP contribution >= 0.6 is 11.6 Å². The monoisotopic (exact) mass is 492 g/mol. The van der Waals surface area contributed by atoms with Crippen LogP contribution in [0.15, 0.2) is 51.7 Å². The van der Waals surface area contributed by atoms with Gasteiger partial charge in [0.2, 0.25) is 6.79 Å². The van der Waals surface area contributed by atoms with Crippen molar-refractivity contribution in [3.63, 3.8) is 0 Å². The second-order valence-electron chi connectivity index (χ2n) is 8.29. The summed E-state index contributed by atoms with van der Waals surface area (Å²) in [7, 11) is 0. The molecular formula is C26H21ClN2O6. The molecule has 0 bridgehead atoms. The van der Waals surface area contributed by atoms with Gasteiger partial charge in [0.05, 0.1) is 5.39 Å². The summed E-state index contributed by atoms with van der Waals surface area (Å²) >= 11 is 5.92. The Balaban J connectivity index is 1.65. The van der Waals surface area contributed by atoms with E-state index in [1.54, 1.807) is 32.0 Å². The predicted octanol–water partition coefficient (Wildman–Crippen LogP) is 5.09. The number of nitrogens with zero attached hydrogens (tertiary/aromatic N) is 1. The average molecular weight is 493 g/mol. The number of amides is 1. The molecule has 2 aromatic heterocycles. The number of aryl methyl sites for hydroxylation is 1. The van der Waals surface area contributed by atoms with Gasteiger partial charge < -0.3 is 24.4 Å². The second-order valence-corrected chi connectivity index (χ2v) is 8.68. The number of hydrogen-bond donors (Lipinski definition) is 1. The number of pyridine rings is 1. The number of fused-ring (bicyclic) bond motifs is 2. The third-order valence-electron chi connectivity index (χ3n) is 5.83. The fourth-order valence-corrected chi connectivity index (χ4v) is 4.28. The van der Waals surface area contributed by atoms with Crippen molar-refractivity contribution in [2.45, 2.75) is 26.9 Å². The summed E-state index contributed by atoms with van der Waals surface area (Å²) < 4.78 is 23.3. The maximum Gasteiger partial charge on any atom is 0.271 e. The number of ether oxygens (including phenoxy) is 3. The van der Waals surface area contributed by atoms with Crippen LogP contribution in [-0.2, 0) is 0 Å². The number of benzene rings is 2. The Morgan fingerprint density at radius 3 is 2.66 bits per heavy atom. The van der Waals surface area contributed by atoms with Gasteiger partial charge in [0.15, 0.2) is 28.4 Å². The first-order valence-corrected chi connectivity index (χ1v) is 11.2. The van der Waals surface area contributed by atoms with Gasteiger partial charge in [0.25, 0.3) is 5.91 Å². The van der Waals surface area contributed by atoms with Gasteiger partial charge in [0, 0.05) is 16.7 Å². The van der Waals surface area contributed by atoms with Crippen molar-refractivity contribution in [3.8, 4) is 28.6 Å². The van der Waals surface area contributed by atoms with Crippen molar-refractivity contribution in [1.82, 2.24) is 4.98 Å². The van der Waals surface area contributed by atoms with Gasteiger partial charge in [-0.2, -0.15) is 0 Å². The van der Waals surface area contributed by atoms with Gasteiger partial charge in [-0.1, -0.05) is 11.6 Å². The average Bonchev–Trinajstić information content (AvgIpc) is 3.30. The predicted molar refractivity (Wildman–Crippen MR) is 130 cm³/mol. The van der Waals surface area contributed by atoms with Crippen molar-refractivity contribution >= 4 is 28.5 Å². The van der Waals surface area contributed by atoms with E-state index in [9.17, 15) is 9.59 Å². The third-order valence-corrected chi connectivity index (χ3v) is 6.04. The van der Waals surface area contributed by atoms with Gasteiger partial charge in [0.1, 0.15) is 22.6 Å². The number of hydrogen-bond acceptors (Lipinski definition) is 7. The molecule has 0 spiro atoms. The van der Waals surface area contributed by atoms with Crippen molar-refractivity contribution in [3.05, 3.63) is 80.2 Å². The van der Waals surface area contributed by atoms with Crippen molar-refractivity contribution in [2.75, 3.05) is 6.79 Å². The highest BCUT2D eigenvalue weighted by atomic mass is 35.5. The first-order chi connectivity index (χ1) is 16.7. The summed E-state index contributed by atoms with van der Waals surface area (Å²) in [5, 5.41) is 0.552. The number of aromatic nitrogens is 1. The largest absolute Gasteiger partial charge is 0.483 e. The Labute approximate surface area is 205 Å². The van der Waals surface area contributed by atoms with E-state index in [-0.39, 0.29) is 28.8 Å². The molecule has 0 aliphatic carbocycles. The van der Waals surface area contributed by atoms with E-state index in [1.807, 2.05) is 19.1 Å². The molecule has 35 heavy (non-hydrogen) atoms. The van der Waals surface area contributed by atoms with E-state index in [0.29, 0.717) is 44.9 Å². The summed E-state index contributed by atoms with van der Waals surface area (Å²) in [5.41, 5.74) is 8.24. The van der Waals surface area contributed by atoms with Crippen molar-refractivity contribution in [1.29, 1.82) is 0 Å². The number of primary amides is 1. The van der Waals surface area contributed by atoms with E-state index in [0.717, 1.165) is 5.56 Å². The smallest absolute Gasteiger partial charge is 0.271 e. The Morgan fingerprint density at radius 1 is 1.11 bits per heavy atom. The standard InChI is InChI=1S/C26H21ClN2O6/c1-12-8-16(14(3)34-19-6-7-21(27)29-22(19)26(28)31)25-17(9-12)23(30)13(2)24(35-25)15-4-5-18-20(10-15)33-11-32-18/h4-10,14H,11H2,1-3H3,(H2,28,31)/t14-/m1/s1. The number of rotatable bonds is 5. The van der Waals surface area contributed by atoms with E-state index < -0.39 is 12.0 Å². The lowest BCUT2D eigenvalue weighted by Gasteiger charge is -2.19. The topological polar surface area (TPSA) is 114 Å². The summed E-state index contributed by atoms with van der Waals surface area (Å²) in [5.74, 6) is 1.05. The summed E-state index contributed by atoms with van der Waals surface area (Å²) in [6.07, 6.45) is -0.617. The molecule has 0 radical (unpaired) electrons. The number of carbonyl (C=O) groups is 1. The fourth-order valence-electron chi connectivity index (χ4n) is 4.13. The molecule has 0 fully saturated rings. The molecule has 1 aliphatic heterocycles. The van der Waals surface area contributed by atoms with Crippen LogP contribution in [0.1, 0.15) is 40.2 Å². The zero-order valence-corrected chi connectivity index (χ0v) is 19.9. The molecule has 1 amide bonds. The van der Waals surface area contributed by atoms with Crippen LogP contribution in [0, 0.1) is 13.8 Å². The third kappa shape index (κ3) is 4.06. The molecule has 2 N–H and O–H groups in total. The summed E-state index contributed by atoms with van der Waals surface area (Å²) in [6.45, 7) is 5.54. The molecule has 5 rings (SSSR count). The van der Waals surface area contributed by atoms with Crippen LogP contribution in [0.25, 0.3) is 22.3 Å². The summed E-state index contributed by atoms with van der Waals surface area (Å²) in [4.78, 5) is 29.2. The Kier molecular flexibility index (Phi) is 5.61. The zero-order chi connectivity index (χ0) is 24.9. The highest BCUT2D eigenvalue weighted by Crippen LogP contribution is 2.38. The summed E-state index contributed by atoms with van der Waals surface area (Å²) in [6, 6.07) is 12.1. The maximum absolute atomic E-state index is 13.4. The Bertz CT molecular complexity index is 1560. The molecular weight excluding hydrogens is 472 g/mol. The van der Waals surface area contributed by atoms with Gasteiger partial charge in [-0.3, -0.25) is 9.59 Å². The molecule has 1 aliphatic rings. The van der Waals surface area contributed by atoms with Crippen LogP contribution in [-0.4, -0.2) is 17.7 Å². The molecule has 9 heteroatoms. The lowest BCUT2D eigenvalue weighted by molar-refractivity contribution is 0.0988. The normalized spacial score (nSPS) is 13.1. The highest BCUT2D eigenvalue weighted by molar-refractivity contribution is 6.29. The molecule has 8 nitrogen and oxygen atoms in total. The first-order valence-electron chi connectivity index (χ1n) is 10.8. The Morgan fingerprint density at radius 2 is 1.89 bits per heavy atom. The minimum Gasteiger partial charge on any atom is -0.483 e. The quantitative estimate of drug-likeness (QED) is 0.386. The van der Waals surface area contributed by atoms with Crippen LogP contribution < -0.4 is 25.4 Å². The molecule has 178 valence electrons. The van der Waals surface area contributed by atoms with E-state index in [1.165, 1.54) is 12.1 Å². The van der Waals surface area contributed by atoms with Crippen molar-refractivity contribution < 1.29 is 23.4 Å². The minimum atomic E-state index is -0.768. The van der Waals surface area contributed by atoms with Crippen molar-refractivity contribution in [2.24, 2.45) is 5.73 Å². The number of carbonyl (C=O) groups excluding carboxylic acids is 1. The van der Waals surface area contributed by atoms with Crippen LogP contribution in [0.5, 0.6) is 17.2 Å². The number of halogens is 1. The molecule has 0 unspecified atom stereocenters. The Hall–Kier alpha value is -4.04. The van der Waals surface area contributed by atoms with Gasteiger partial charge in [-0.25, -0.2) is 4.98 Å². The SMILES string of the molecule is Cc1cc([C@@H](C)Oc2ccc(Cl)nc2C(N)=O)c2oc(-c3ccc4c(c3)OCO4)c(C)c(=O)c2c1. The minimum absolute atomic E-state index is 0.0837. The molecule has 4 aromatic rings. The number of nitrogens with two attached hydrogens (primary N) is 1. The maximum atomic E-state index is 13.4. The molecule has 3 heterocycles. The second kappa shape index (κ2) is 8.63. The van der Waals surface area contributed by atoms with E-state index in [2.05, 4.69) is 4.98 Å². The molecule has 0 saturated carbocycles. The van der Waals surface area contributed by atoms with Crippen LogP contribution in [0.3, 0.4) is 0 Å². The van der Waals surface area contributed by atoms with Gasteiger partial charge in [-0.15, -0.1) is 0 Å². The van der Waals surface area contributed by atoms with Crippen LogP contribution in [0.4, 0.5) is 0 Å². The lowest BCUT2D eigenvalue weighted by atomic mass is 10.00. The first kappa shape index (κ1) is 22.7. The fraction of sp³-hybridized carbons (Fsp3) is 0.192. The zero-order valence-electron chi connectivity index (χ0n) is 19.2. The highest BCUT2D eigenvalue weighted by Gasteiger charge is 2.23. The molecule has 1 atom stereocenters. The van der Waals surface area contributed by atoms with Gasteiger partial charge in [-0.05, 0) is 68.8 Å². The molecule has 0 saturated heterocycles. The van der Waals surface area contributed by atoms with E-state index >= 15 is 0 Å². The lowest BCUT2D eigenvalue weighted by Crippen LogP contribution is -2.17.